The second-order valence-electron chi connectivity index (χ2n) is 4.71. The normalized spacial score (nSPS) is 11.5. The number of amides is 1. The van der Waals surface area contributed by atoms with Gasteiger partial charge in [0.05, 0.1) is 9.35 Å². The Labute approximate surface area is 103 Å². The Morgan fingerprint density at radius 3 is 2.67 bits per heavy atom. The van der Waals surface area contributed by atoms with Crippen molar-refractivity contribution in [1.82, 2.24) is 5.32 Å². The number of carbonyl (C=O) groups is 1. The molecule has 0 saturated carbocycles. The molecule has 0 aliphatic rings. The highest BCUT2D eigenvalue weighted by atomic mass is 79.9. The number of hydrogen-bond donors (Lipinski definition) is 1. The molecule has 0 saturated heterocycles. The summed E-state index contributed by atoms with van der Waals surface area (Å²) in [4.78, 5) is 11.6. The first-order chi connectivity index (χ1) is 6.88. The van der Waals surface area contributed by atoms with Crippen LogP contribution in [-0.2, 0) is 0 Å². The van der Waals surface area contributed by atoms with Gasteiger partial charge in [0, 0.05) is 11.9 Å². The average Bonchev–Trinajstić information content (AvgIpc) is 2.49. The van der Waals surface area contributed by atoms with Crippen molar-refractivity contribution in [2.75, 3.05) is 6.54 Å². The molecule has 1 aromatic heterocycles. The first-order valence-electron chi connectivity index (χ1n) is 4.91. The van der Waals surface area contributed by atoms with Gasteiger partial charge in [-0.25, -0.2) is 0 Å². The summed E-state index contributed by atoms with van der Waals surface area (Å²) in [6, 6.07) is 1.84. The zero-order valence-electron chi connectivity index (χ0n) is 9.26. The summed E-state index contributed by atoms with van der Waals surface area (Å²) in [6.45, 7) is 7.23. The summed E-state index contributed by atoms with van der Waals surface area (Å²) in [5.41, 5.74) is 1.00. The first kappa shape index (κ1) is 12.7. The largest absolute Gasteiger partial charge is 0.352 e. The lowest BCUT2D eigenvalue weighted by Gasteiger charge is -2.17. The van der Waals surface area contributed by atoms with Crippen LogP contribution in [-0.4, -0.2) is 12.5 Å². The molecule has 0 atom stereocenters. The van der Waals surface area contributed by atoms with E-state index in [1.165, 1.54) is 11.3 Å². The van der Waals surface area contributed by atoms with Crippen LogP contribution in [0.25, 0.3) is 0 Å². The molecule has 1 rings (SSSR count). The van der Waals surface area contributed by atoms with E-state index in [2.05, 4.69) is 42.0 Å². The Morgan fingerprint density at radius 1 is 1.53 bits per heavy atom. The number of carbonyl (C=O) groups excluding carboxylic acids is 1. The molecule has 15 heavy (non-hydrogen) atoms. The van der Waals surface area contributed by atoms with Gasteiger partial charge in [-0.15, -0.1) is 11.3 Å². The highest BCUT2D eigenvalue weighted by molar-refractivity contribution is 9.11. The minimum Gasteiger partial charge on any atom is -0.352 e. The second kappa shape index (κ2) is 5.12. The lowest BCUT2D eigenvalue weighted by atomic mass is 9.92. The van der Waals surface area contributed by atoms with Gasteiger partial charge in [0.2, 0.25) is 0 Å². The van der Waals surface area contributed by atoms with Crippen molar-refractivity contribution in [3.05, 3.63) is 20.8 Å². The smallest absolute Gasteiger partial charge is 0.252 e. The van der Waals surface area contributed by atoms with Crippen molar-refractivity contribution in [3.8, 4) is 0 Å². The SMILES string of the molecule is CC(C)(C)CCNC(=O)c1csc(Br)c1. The minimum absolute atomic E-state index is 0.0150. The van der Waals surface area contributed by atoms with Gasteiger partial charge < -0.3 is 5.32 Å². The van der Waals surface area contributed by atoms with Gasteiger partial charge >= 0.3 is 0 Å². The average molecular weight is 290 g/mol. The Bertz CT molecular complexity index is 341. The lowest BCUT2D eigenvalue weighted by molar-refractivity contribution is 0.0950. The Kier molecular flexibility index (Phi) is 4.34. The van der Waals surface area contributed by atoms with Gasteiger partial charge in [0.25, 0.3) is 5.91 Å². The molecule has 0 unspecified atom stereocenters. The quantitative estimate of drug-likeness (QED) is 0.904. The van der Waals surface area contributed by atoms with Gasteiger partial charge in [-0.1, -0.05) is 20.8 Å². The maximum absolute atomic E-state index is 11.6. The lowest BCUT2D eigenvalue weighted by Crippen LogP contribution is -2.26. The third-order valence-electron chi connectivity index (χ3n) is 1.99. The van der Waals surface area contributed by atoms with Crippen LogP contribution in [0.2, 0.25) is 0 Å². The summed E-state index contributed by atoms with van der Waals surface area (Å²) in [5, 5.41) is 4.77. The molecule has 0 bridgehead atoms. The molecule has 1 aromatic rings. The van der Waals surface area contributed by atoms with Crippen LogP contribution in [0, 0.1) is 5.41 Å². The monoisotopic (exact) mass is 289 g/mol. The Hall–Kier alpha value is -0.350. The van der Waals surface area contributed by atoms with Crippen LogP contribution in [0.15, 0.2) is 15.2 Å². The van der Waals surface area contributed by atoms with Crippen LogP contribution >= 0.6 is 27.3 Å². The summed E-state index contributed by atoms with van der Waals surface area (Å²) >= 11 is 4.87. The van der Waals surface area contributed by atoms with Gasteiger partial charge in [-0.3, -0.25) is 4.79 Å². The highest BCUT2D eigenvalue weighted by Crippen LogP contribution is 2.21. The summed E-state index contributed by atoms with van der Waals surface area (Å²) in [7, 11) is 0. The molecule has 0 aliphatic carbocycles. The van der Waals surface area contributed by atoms with Crippen molar-refractivity contribution >= 4 is 33.2 Å². The third kappa shape index (κ3) is 4.80. The molecule has 0 aliphatic heterocycles. The van der Waals surface area contributed by atoms with E-state index < -0.39 is 0 Å². The van der Waals surface area contributed by atoms with Crippen molar-refractivity contribution in [2.24, 2.45) is 5.41 Å². The number of nitrogens with one attached hydrogen (secondary N) is 1. The first-order valence-corrected chi connectivity index (χ1v) is 6.58. The van der Waals surface area contributed by atoms with Crippen LogP contribution in [0.1, 0.15) is 37.6 Å². The zero-order valence-corrected chi connectivity index (χ0v) is 11.7. The van der Waals surface area contributed by atoms with Crippen LogP contribution < -0.4 is 5.32 Å². The van der Waals surface area contributed by atoms with E-state index in [0.717, 1.165) is 22.3 Å². The fourth-order valence-corrected chi connectivity index (χ4v) is 2.22. The Balaban J connectivity index is 2.37. The molecule has 2 nitrogen and oxygen atoms in total. The van der Waals surface area contributed by atoms with E-state index in [-0.39, 0.29) is 11.3 Å². The molecular formula is C11H16BrNOS. The van der Waals surface area contributed by atoms with E-state index >= 15 is 0 Å². The molecule has 1 N–H and O–H groups in total. The fourth-order valence-electron chi connectivity index (χ4n) is 1.08. The van der Waals surface area contributed by atoms with Gasteiger partial charge in [-0.05, 0) is 33.8 Å². The Morgan fingerprint density at radius 2 is 2.20 bits per heavy atom. The van der Waals surface area contributed by atoms with Crippen LogP contribution in [0.3, 0.4) is 0 Å². The number of hydrogen-bond acceptors (Lipinski definition) is 2. The molecular weight excluding hydrogens is 274 g/mol. The van der Waals surface area contributed by atoms with E-state index in [1.54, 1.807) is 0 Å². The van der Waals surface area contributed by atoms with E-state index in [0.29, 0.717) is 0 Å². The van der Waals surface area contributed by atoms with Gasteiger partial charge in [-0.2, -0.15) is 0 Å². The summed E-state index contributed by atoms with van der Waals surface area (Å²) < 4.78 is 0.989. The molecule has 0 radical (unpaired) electrons. The van der Waals surface area contributed by atoms with Crippen molar-refractivity contribution in [3.63, 3.8) is 0 Å². The highest BCUT2D eigenvalue weighted by Gasteiger charge is 2.11. The standard InChI is InChI=1S/C11H16BrNOS/c1-11(2,3)4-5-13-10(14)8-6-9(12)15-7-8/h6-7H,4-5H2,1-3H3,(H,13,14). The molecule has 4 heteroatoms. The molecule has 0 aromatic carbocycles. The van der Waals surface area contributed by atoms with Crippen molar-refractivity contribution in [1.29, 1.82) is 0 Å². The topological polar surface area (TPSA) is 29.1 Å². The summed E-state index contributed by atoms with van der Waals surface area (Å²) in [5.74, 6) is 0.0150. The minimum atomic E-state index is 0.0150. The van der Waals surface area contributed by atoms with Gasteiger partial charge in [0.15, 0.2) is 0 Å². The van der Waals surface area contributed by atoms with E-state index in [1.807, 2.05) is 11.4 Å². The fraction of sp³-hybridized carbons (Fsp3) is 0.545. The molecule has 84 valence electrons. The maximum atomic E-state index is 11.6. The zero-order chi connectivity index (χ0) is 11.5. The molecule has 0 fully saturated rings. The van der Waals surface area contributed by atoms with E-state index in [9.17, 15) is 4.79 Å². The van der Waals surface area contributed by atoms with E-state index in [4.69, 9.17) is 0 Å². The molecule has 1 heterocycles. The van der Waals surface area contributed by atoms with Crippen molar-refractivity contribution in [2.45, 2.75) is 27.2 Å². The second-order valence-corrected chi connectivity index (χ2v) is 7.00. The third-order valence-corrected chi connectivity index (χ3v) is 3.49. The molecule has 1 amide bonds. The number of rotatable bonds is 3. The van der Waals surface area contributed by atoms with Crippen LogP contribution in [0.4, 0.5) is 0 Å². The van der Waals surface area contributed by atoms with Crippen molar-refractivity contribution < 1.29 is 4.79 Å². The predicted molar refractivity (Wildman–Crippen MR) is 68.4 cm³/mol. The maximum Gasteiger partial charge on any atom is 0.252 e. The number of thiophene rings is 1. The van der Waals surface area contributed by atoms with Gasteiger partial charge in [0.1, 0.15) is 0 Å². The predicted octanol–water partition coefficient (Wildman–Crippen LogP) is 3.68. The molecule has 0 spiro atoms. The summed E-state index contributed by atoms with van der Waals surface area (Å²) in [6.07, 6.45) is 0.990. The van der Waals surface area contributed by atoms with Crippen LogP contribution in [0.5, 0.6) is 0 Å². The number of halogens is 1.